The summed E-state index contributed by atoms with van der Waals surface area (Å²) in [5.41, 5.74) is 0. The van der Waals surface area contributed by atoms with Gasteiger partial charge in [-0.2, -0.15) is 0 Å². The van der Waals surface area contributed by atoms with Crippen LogP contribution in [0.25, 0.3) is 0 Å². The number of hydrogen-bond acceptors (Lipinski definition) is 2. The number of rotatable bonds is 4. The molecule has 0 saturated heterocycles. The van der Waals surface area contributed by atoms with Gasteiger partial charge in [0.05, 0.1) is 6.10 Å². The van der Waals surface area contributed by atoms with Crippen LogP contribution in [0.1, 0.15) is 34.1 Å². The van der Waals surface area contributed by atoms with Gasteiger partial charge >= 0.3 is 0 Å². The summed E-state index contributed by atoms with van der Waals surface area (Å²) in [5, 5.41) is 9.35. The minimum atomic E-state index is -0.157. The molecule has 2 heteroatoms. The Hall–Kier alpha value is -0.0800. The van der Waals surface area contributed by atoms with Crippen LogP contribution in [0, 0.1) is 5.92 Å². The van der Waals surface area contributed by atoms with Crippen LogP contribution in [0.3, 0.4) is 0 Å². The number of hydrogen-bond donors (Lipinski definition) is 1. The molecule has 76 valence electrons. The van der Waals surface area contributed by atoms with E-state index in [1.54, 1.807) is 0 Å². The molecule has 0 aliphatic rings. The van der Waals surface area contributed by atoms with Crippen LogP contribution in [0.4, 0.5) is 0 Å². The van der Waals surface area contributed by atoms with Gasteiger partial charge in [-0.1, -0.05) is 27.7 Å². The van der Waals surface area contributed by atoms with Gasteiger partial charge in [-0.15, -0.1) is 0 Å². The lowest BCUT2D eigenvalue weighted by Crippen LogP contribution is -2.26. The molecule has 0 spiro atoms. The van der Waals surface area contributed by atoms with Crippen molar-refractivity contribution < 1.29 is 5.11 Å². The Bertz CT molecular complexity index is 71.9. The van der Waals surface area contributed by atoms with Crippen molar-refractivity contribution >= 4 is 0 Å². The van der Waals surface area contributed by atoms with Gasteiger partial charge in [0.1, 0.15) is 0 Å². The van der Waals surface area contributed by atoms with Crippen LogP contribution in [0.15, 0.2) is 0 Å². The molecule has 0 radical (unpaired) electrons. The maximum absolute atomic E-state index is 9.35. The van der Waals surface area contributed by atoms with E-state index >= 15 is 0 Å². The molecule has 0 aromatic carbocycles. The first-order valence-electron chi connectivity index (χ1n) is 4.85. The van der Waals surface area contributed by atoms with Crippen molar-refractivity contribution in [3.8, 4) is 0 Å². The number of aliphatic hydroxyl groups is 1. The van der Waals surface area contributed by atoms with E-state index in [2.05, 4.69) is 13.8 Å². The van der Waals surface area contributed by atoms with Gasteiger partial charge in [0.25, 0.3) is 0 Å². The Morgan fingerprint density at radius 3 is 1.83 bits per heavy atom. The normalized spacial score (nSPS) is 12.8. The minimum absolute atomic E-state index is 0.157. The summed E-state index contributed by atoms with van der Waals surface area (Å²) in [5.74, 6) is 0.593. The summed E-state index contributed by atoms with van der Waals surface area (Å²) in [6.07, 6.45) is 0.744. The smallest absolute Gasteiger partial charge is 0.0669 e. The van der Waals surface area contributed by atoms with Gasteiger partial charge in [-0.3, -0.25) is 0 Å². The SMILES string of the molecule is CC.CC(C)CC(O)CN(C)C. The van der Waals surface area contributed by atoms with Gasteiger partial charge in [-0.25, -0.2) is 0 Å². The van der Waals surface area contributed by atoms with E-state index in [0.717, 1.165) is 13.0 Å². The summed E-state index contributed by atoms with van der Waals surface area (Å²) >= 11 is 0. The summed E-state index contributed by atoms with van der Waals surface area (Å²) in [4.78, 5) is 2.01. The summed E-state index contributed by atoms with van der Waals surface area (Å²) in [7, 11) is 3.95. The van der Waals surface area contributed by atoms with Crippen LogP contribution in [-0.4, -0.2) is 36.8 Å². The van der Waals surface area contributed by atoms with Gasteiger partial charge in [0.2, 0.25) is 0 Å². The molecule has 0 fully saturated rings. The highest BCUT2D eigenvalue weighted by molar-refractivity contribution is 4.60. The van der Waals surface area contributed by atoms with Crippen LogP contribution in [-0.2, 0) is 0 Å². The maximum atomic E-state index is 9.35. The van der Waals surface area contributed by atoms with E-state index in [1.165, 1.54) is 0 Å². The third kappa shape index (κ3) is 12.6. The van der Waals surface area contributed by atoms with E-state index in [9.17, 15) is 5.11 Å². The lowest BCUT2D eigenvalue weighted by Gasteiger charge is -2.17. The molecular formula is C10H25NO. The van der Waals surface area contributed by atoms with Gasteiger partial charge in [0.15, 0.2) is 0 Å². The van der Waals surface area contributed by atoms with Crippen molar-refractivity contribution in [1.82, 2.24) is 4.90 Å². The second-order valence-corrected chi connectivity index (χ2v) is 3.55. The van der Waals surface area contributed by atoms with Crippen molar-refractivity contribution in [1.29, 1.82) is 0 Å². The minimum Gasteiger partial charge on any atom is -0.392 e. The highest BCUT2D eigenvalue weighted by Crippen LogP contribution is 2.04. The predicted molar refractivity (Wildman–Crippen MR) is 55.4 cm³/mol. The summed E-state index contributed by atoms with van der Waals surface area (Å²) in [6, 6.07) is 0. The summed E-state index contributed by atoms with van der Waals surface area (Å²) in [6.45, 7) is 9.02. The second kappa shape index (κ2) is 9.01. The molecule has 0 rings (SSSR count). The zero-order valence-electron chi connectivity index (χ0n) is 9.46. The topological polar surface area (TPSA) is 23.5 Å². The largest absolute Gasteiger partial charge is 0.392 e. The first kappa shape index (κ1) is 14.4. The quantitative estimate of drug-likeness (QED) is 0.706. The van der Waals surface area contributed by atoms with Crippen molar-refractivity contribution in [2.75, 3.05) is 20.6 Å². The fourth-order valence-electron chi connectivity index (χ4n) is 1.04. The number of likely N-dealkylation sites (N-methyl/N-ethyl adjacent to an activating group) is 1. The molecule has 2 nitrogen and oxygen atoms in total. The zero-order chi connectivity index (χ0) is 10.1. The lowest BCUT2D eigenvalue weighted by molar-refractivity contribution is 0.115. The van der Waals surface area contributed by atoms with Crippen LogP contribution < -0.4 is 0 Å². The molecule has 0 heterocycles. The highest BCUT2D eigenvalue weighted by atomic mass is 16.3. The molecule has 0 saturated carbocycles. The van der Waals surface area contributed by atoms with Crippen molar-refractivity contribution in [3.05, 3.63) is 0 Å². The van der Waals surface area contributed by atoms with Crippen molar-refractivity contribution in [2.45, 2.75) is 40.2 Å². The molecule has 0 aromatic rings. The highest BCUT2D eigenvalue weighted by Gasteiger charge is 2.06. The van der Waals surface area contributed by atoms with Crippen LogP contribution >= 0.6 is 0 Å². The van der Waals surface area contributed by atoms with Crippen molar-refractivity contribution in [2.24, 2.45) is 5.92 Å². The fourth-order valence-corrected chi connectivity index (χ4v) is 1.04. The van der Waals surface area contributed by atoms with E-state index in [0.29, 0.717) is 5.92 Å². The van der Waals surface area contributed by atoms with Gasteiger partial charge in [0, 0.05) is 6.54 Å². The zero-order valence-corrected chi connectivity index (χ0v) is 9.46. The number of nitrogens with zero attached hydrogens (tertiary/aromatic N) is 1. The van der Waals surface area contributed by atoms with Gasteiger partial charge in [-0.05, 0) is 26.4 Å². The fraction of sp³-hybridized carbons (Fsp3) is 1.00. The monoisotopic (exact) mass is 175 g/mol. The third-order valence-corrected chi connectivity index (χ3v) is 1.32. The molecule has 0 aliphatic heterocycles. The standard InChI is InChI=1S/C8H19NO.C2H6/c1-7(2)5-8(10)6-9(3)4;1-2/h7-8,10H,5-6H2,1-4H3;1-2H3. The van der Waals surface area contributed by atoms with E-state index in [1.807, 2.05) is 32.8 Å². The molecule has 12 heavy (non-hydrogen) atoms. The third-order valence-electron chi connectivity index (χ3n) is 1.32. The average molecular weight is 175 g/mol. The molecule has 0 aliphatic carbocycles. The summed E-state index contributed by atoms with van der Waals surface area (Å²) < 4.78 is 0. The first-order chi connectivity index (χ1) is 5.52. The first-order valence-corrected chi connectivity index (χ1v) is 4.85. The number of aliphatic hydroxyl groups excluding tert-OH is 1. The second-order valence-electron chi connectivity index (χ2n) is 3.55. The Labute approximate surface area is 77.6 Å². The molecule has 1 unspecified atom stereocenters. The Morgan fingerprint density at radius 2 is 1.58 bits per heavy atom. The van der Waals surface area contributed by atoms with E-state index < -0.39 is 0 Å². The average Bonchev–Trinajstić information content (AvgIpc) is 1.87. The van der Waals surface area contributed by atoms with Crippen LogP contribution in [0.2, 0.25) is 0 Å². The maximum Gasteiger partial charge on any atom is 0.0669 e. The molecular weight excluding hydrogens is 150 g/mol. The molecule has 1 atom stereocenters. The predicted octanol–water partition coefficient (Wildman–Crippen LogP) is 1.98. The lowest BCUT2D eigenvalue weighted by atomic mass is 10.1. The van der Waals surface area contributed by atoms with Gasteiger partial charge < -0.3 is 10.0 Å². The van der Waals surface area contributed by atoms with Crippen LogP contribution in [0.5, 0.6) is 0 Å². The van der Waals surface area contributed by atoms with Crippen molar-refractivity contribution in [3.63, 3.8) is 0 Å². The Morgan fingerprint density at radius 1 is 1.17 bits per heavy atom. The molecule has 0 bridgehead atoms. The Kier molecular flexibility index (Phi) is 10.8. The molecule has 0 aromatic heterocycles. The molecule has 1 N–H and O–H groups in total. The molecule has 0 amide bonds. The Balaban J connectivity index is 0. The van der Waals surface area contributed by atoms with E-state index in [-0.39, 0.29) is 6.10 Å². The van der Waals surface area contributed by atoms with E-state index in [4.69, 9.17) is 0 Å².